The van der Waals surface area contributed by atoms with Crippen molar-refractivity contribution in [1.29, 1.82) is 0 Å². The summed E-state index contributed by atoms with van der Waals surface area (Å²) in [6.45, 7) is 17.8. The molecule has 30 heavy (non-hydrogen) atoms. The molecule has 8 atom stereocenters. The molecule has 170 valence electrons. The fourth-order valence-electron chi connectivity index (χ4n) is 10.3. The minimum absolute atomic E-state index is 0.0598. The van der Waals surface area contributed by atoms with Crippen LogP contribution in [0.25, 0.3) is 0 Å². The van der Waals surface area contributed by atoms with Gasteiger partial charge in [-0.15, -0.1) is 0 Å². The summed E-state index contributed by atoms with van der Waals surface area (Å²) >= 11 is 0. The van der Waals surface area contributed by atoms with Crippen molar-refractivity contribution in [3.63, 3.8) is 0 Å². The fourth-order valence-corrected chi connectivity index (χ4v) is 10.3. The zero-order valence-corrected chi connectivity index (χ0v) is 21.0. The molecule has 5 aliphatic carbocycles. The van der Waals surface area contributed by atoms with Gasteiger partial charge in [0.1, 0.15) is 0 Å². The molecule has 1 nitrogen and oxygen atoms in total. The lowest BCUT2D eigenvalue weighted by atomic mass is 9.34. The molecule has 0 aliphatic heterocycles. The Kier molecular flexibility index (Phi) is 4.59. The van der Waals surface area contributed by atoms with Gasteiger partial charge in [-0.3, -0.25) is 0 Å². The molecule has 4 fully saturated rings. The van der Waals surface area contributed by atoms with Crippen molar-refractivity contribution in [3.05, 3.63) is 11.6 Å². The lowest BCUT2D eigenvalue weighted by Gasteiger charge is -2.70. The number of hydrogen-bond donors (Lipinski definition) is 1. The van der Waals surface area contributed by atoms with E-state index in [1.807, 2.05) is 5.57 Å². The van der Waals surface area contributed by atoms with Crippen LogP contribution in [0.4, 0.5) is 0 Å². The third-order valence-electron chi connectivity index (χ3n) is 12.4. The Labute approximate surface area is 186 Å². The highest BCUT2D eigenvalue weighted by Gasteiger charge is 2.66. The van der Waals surface area contributed by atoms with Crippen LogP contribution < -0.4 is 0 Å². The van der Waals surface area contributed by atoms with Crippen LogP contribution >= 0.6 is 0 Å². The zero-order valence-electron chi connectivity index (χ0n) is 21.0. The fraction of sp³-hybridized carbons (Fsp3) is 0.931. The van der Waals surface area contributed by atoms with Gasteiger partial charge in [-0.2, -0.15) is 0 Å². The van der Waals surface area contributed by atoms with Gasteiger partial charge in [-0.1, -0.05) is 60.1 Å². The van der Waals surface area contributed by atoms with Gasteiger partial charge in [-0.25, -0.2) is 0 Å². The minimum Gasteiger partial charge on any atom is -0.393 e. The Morgan fingerprint density at radius 2 is 1.50 bits per heavy atom. The summed E-state index contributed by atoms with van der Waals surface area (Å²) in [5.74, 6) is 3.24. The van der Waals surface area contributed by atoms with E-state index < -0.39 is 0 Å². The molecule has 0 spiro atoms. The summed E-state index contributed by atoms with van der Waals surface area (Å²) in [5, 5.41) is 10.9. The molecule has 4 saturated carbocycles. The van der Waals surface area contributed by atoms with Gasteiger partial charge in [0.15, 0.2) is 0 Å². The molecule has 0 amide bonds. The predicted molar refractivity (Wildman–Crippen MR) is 126 cm³/mol. The topological polar surface area (TPSA) is 20.2 Å². The van der Waals surface area contributed by atoms with E-state index in [1.54, 1.807) is 0 Å². The number of allylic oxidation sites excluding steroid dienone is 2. The maximum atomic E-state index is 10.9. The number of fused-ring (bicyclic) bond motifs is 7. The third-order valence-corrected chi connectivity index (χ3v) is 12.4. The van der Waals surface area contributed by atoms with E-state index in [4.69, 9.17) is 0 Å². The average Bonchev–Trinajstić information content (AvgIpc) is 2.65. The van der Waals surface area contributed by atoms with E-state index in [-0.39, 0.29) is 11.5 Å². The summed E-state index contributed by atoms with van der Waals surface area (Å²) in [5.41, 5.74) is 3.66. The molecule has 0 aromatic heterocycles. The van der Waals surface area contributed by atoms with Crippen molar-refractivity contribution >= 4 is 0 Å². The molecule has 0 unspecified atom stereocenters. The van der Waals surface area contributed by atoms with Gasteiger partial charge in [0.25, 0.3) is 0 Å². The first-order valence-corrected chi connectivity index (χ1v) is 13.2. The van der Waals surface area contributed by atoms with Gasteiger partial charge in [0.2, 0.25) is 0 Å². The highest BCUT2D eigenvalue weighted by Crippen LogP contribution is 2.74. The molecule has 1 N–H and O–H groups in total. The first-order chi connectivity index (χ1) is 13.9. The van der Waals surface area contributed by atoms with Crippen LogP contribution in [0.15, 0.2) is 11.6 Å². The summed E-state index contributed by atoms with van der Waals surface area (Å²) in [7, 11) is 0. The van der Waals surface area contributed by atoms with Crippen LogP contribution in [0.2, 0.25) is 0 Å². The molecular weight excluding hydrogens is 364 g/mol. The SMILES string of the molecule is CC1(C)CC[C@@H]2CC[C@]3(C)C(=CC[C@@H]4[C@@]5(C)CC[C@H](O)C(C)(C)[C@@H]5CC[C@]43C)[C@@H]2C1. The van der Waals surface area contributed by atoms with Crippen molar-refractivity contribution in [2.45, 2.75) is 119 Å². The monoisotopic (exact) mass is 412 g/mol. The Balaban J connectivity index is 1.55. The summed E-state index contributed by atoms with van der Waals surface area (Å²) in [4.78, 5) is 0. The number of hydrogen-bond acceptors (Lipinski definition) is 1. The summed E-state index contributed by atoms with van der Waals surface area (Å²) < 4.78 is 0. The molecule has 0 saturated heterocycles. The maximum Gasteiger partial charge on any atom is 0.0594 e. The van der Waals surface area contributed by atoms with E-state index in [1.165, 1.54) is 57.8 Å². The normalized spacial score (nSPS) is 54.1. The van der Waals surface area contributed by atoms with Gasteiger partial charge in [0, 0.05) is 0 Å². The maximum absolute atomic E-state index is 10.9. The van der Waals surface area contributed by atoms with Crippen molar-refractivity contribution in [2.75, 3.05) is 0 Å². The molecule has 0 heterocycles. The second-order valence-electron chi connectivity index (χ2n) is 14.5. The smallest absolute Gasteiger partial charge is 0.0594 e. The zero-order chi connectivity index (χ0) is 21.7. The predicted octanol–water partition coefficient (Wildman–Crippen LogP) is 7.78. The molecule has 0 aromatic carbocycles. The van der Waals surface area contributed by atoms with Crippen molar-refractivity contribution in [2.24, 2.45) is 50.7 Å². The highest BCUT2D eigenvalue weighted by atomic mass is 16.3. The first kappa shape index (κ1) is 21.5. The molecule has 0 aromatic rings. The third kappa shape index (κ3) is 2.63. The summed E-state index contributed by atoms with van der Waals surface area (Å²) in [6, 6.07) is 0. The van der Waals surface area contributed by atoms with E-state index in [2.05, 4.69) is 54.5 Å². The summed E-state index contributed by atoms with van der Waals surface area (Å²) in [6.07, 6.45) is 16.0. The largest absolute Gasteiger partial charge is 0.393 e. The average molecular weight is 413 g/mol. The van der Waals surface area contributed by atoms with Crippen LogP contribution in [0.1, 0.15) is 113 Å². The minimum atomic E-state index is -0.120. The molecule has 0 bridgehead atoms. The number of aliphatic hydroxyl groups excluding tert-OH is 1. The van der Waals surface area contributed by atoms with E-state index in [0.29, 0.717) is 27.6 Å². The molecule has 0 radical (unpaired) electrons. The number of rotatable bonds is 0. The number of aliphatic hydroxyl groups is 1. The van der Waals surface area contributed by atoms with E-state index in [9.17, 15) is 5.11 Å². The lowest BCUT2D eigenvalue weighted by Crippen LogP contribution is -2.63. The second-order valence-corrected chi connectivity index (χ2v) is 14.5. The van der Waals surface area contributed by atoms with Crippen LogP contribution in [-0.4, -0.2) is 11.2 Å². The van der Waals surface area contributed by atoms with Crippen LogP contribution in [0.5, 0.6) is 0 Å². The van der Waals surface area contributed by atoms with E-state index in [0.717, 1.165) is 24.2 Å². The Hall–Kier alpha value is -0.300. The lowest BCUT2D eigenvalue weighted by molar-refractivity contribution is -0.200. The second kappa shape index (κ2) is 6.39. The van der Waals surface area contributed by atoms with Crippen LogP contribution in [0.3, 0.4) is 0 Å². The van der Waals surface area contributed by atoms with Crippen LogP contribution in [0, 0.1) is 50.7 Å². The van der Waals surface area contributed by atoms with Gasteiger partial charge in [-0.05, 0) is 115 Å². The van der Waals surface area contributed by atoms with E-state index >= 15 is 0 Å². The quantitative estimate of drug-likeness (QED) is 0.403. The molecule has 5 rings (SSSR count). The highest BCUT2D eigenvalue weighted by molar-refractivity contribution is 5.32. The molecular formula is C29H48O. The van der Waals surface area contributed by atoms with Gasteiger partial charge >= 0.3 is 0 Å². The molecule has 1 heteroatoms. The van der Waals surface area contributed by atoms with Crippen molar-refractivity contribution in [1.82, 2.24) is 0 Å². The van der Waals surface area contributed by atoms with Crippen molar-refractivity contribution in [3.8, 4) is 0 Å². The Morgan fingerprint density at radius 3 is 2.23 bits per heavy atom. The first-order valence-electron chi connectivity index (χ1n) is 13.2. The van der Waals surface area contributed by atoms with Crippen molar-refractivity contribution < 1.29 is 5.11 Å². The van der Waals surface area contributed by atoms with Crippen LogP contribution in [-0.2, 0) is 0 Å². The standard InChI is InChI=1S/C29H48O/c1-25(2)14-10-19-11-16-28(6)21(20(19)18-25)8-9-23-27(5)15-13-24(30)26(3,4)22(27)12-17-29(23,28)7/h8,19-20,22-24,30H,9-18H2,1-7H3/t19-,20-,22+,23-,24+,27+,28-,29-/m1/s1. The van der Waals surface area contributed by atoms with Gasteiger partial charge in [0.05, 0.1) is 6.10 Å². The molecule has 5 aliphatic rings. The van der Waals surface area contributed by atoms with Gasteiger partial charge < -0.3 is 5.11 Å². The Morgan fingerprint density at radius 1 is 0.800 bits per heavy atom. The Bertz CT molecular complexity index is 745.